The Hall–Kier alpha value is -0.350. The number of nitrogens with zero attached hydrogens (tertiary/aromatic N) is 2. The molecule has 0 radical (unpaired) electrons. The zero-order valence-electron chi connectivity index (χ0n) is 12.2. The number of ether oxygens (including phenoxy) is 1. The molecular formula is C16H25BrN2O. The molecule has 2 aliphatic rings. The summed E-state index contributed by atoms with van der Waals surface area (Å²) in [6.07, 6.45) is 12.4. The topological polar surface area (TPSA) is 27.1 Å². The molecule has 3 nitrogen and oxygen atoms in total. The lowest BCUT2D eigenvalue weighted by Gasteiger charge is -2.35. The molecule has 2 heterocycles. The van der Waals surface area contributed by atoms with Gasteiger partial charge in [0.2, 0.25) is 0 Å². The van der Waals surface area contributed by atoms with E-state index in [0.29, 0.717) is 6.04 Å². The van der Waals surface area contributed by atoms with E-state index < -0.39 is 0 Å². The minimum Gasteiger partial charge on any atom is -0.381 e. The van der Waals surface area contributed by atoms with Crippen LogP contribution in [0.1, 0.15) is 56.7 Å². The molecule has 1 aliphatic heterocycles. The van der Waals surface area contributed by atoms with E-state index in [-0.39, 0.29) is 5.41 Å². The fourth-order valence-electron chi connectivity index (χ4n) is 3.61. The Balaban J connectivity index is 1.66. The van der Waals surface area contributed by atoms with Crippen LogP contribution in [0.2, 0.25) is 0 Å². The van der Waals surface area contributed by atoms with Gasteiger partial charge in [-0.25, -0.2) is 0 Å². The van der Waals surface area contributed by atoms with Gasteiger partial charge in [0, 0.05) is 30.0 Å². The summed E-state index contributed by atoms with van der Waals surface area (Å²) in [4.78, 5) is 0. The van der Waals surface area contributed by atoms with Gasteiger partial charge in [-0.15, -0.1) is 0 Å². The van der Waals surface area contributed by atoms with Crippen LogP contribution in [-0.2, 0) is 11.2 Å². The molecule has 20 heavy (non-hydrogen) atoms. The zero-order valence-corrected chi connectivity index (χ0v) is 13.8. The summed E-state index contributed by atoms with van der Waals surface area (Å²) < 4.78 is 7.93. The van der Waals surface area contributed by atoms with Crippen LogP contribution in [0.4, 0.5) is 0 Å². The Bertz CT molecular complexity index is 420. The fourth-order valence-corrected chi connectivity index (χ4v) is 4.25. The van der Waals surface area contributed by atoms with E-state index in [1.54, 1.807) is 0 Å². The zero-order chi connectivity index (χ0) is 13.8. The van der Waals surface area contributed by atoms with E-state index in [9.17, 15) is 0 Å². The first-order valence-corrected chi connectivity index (χ1v) is 9.11. The van der Waals surface area contributed by atoms with Crippen LogP contribution in [0.25, 0.3) is 0 Å². The van der Waals surface area contributed by atoms with Crippen LogP contribution < -0.4 is 0 Å². The monoisotopic (exact) mass is 340 g/mol. The average molecular weight is 341 g/mol. The third kappa shape index (κ3) is 3.28. The first-order valence-electron chi connectivity index (χ1n) is 7.99. The van der Waals surface area contributed by atoms with E-state index >= 15 is 0 Å². The number of alkyl halides is 1. The van der Waals surface area contributed by atoms with Crippen LogP contribution in [-0.4, -0.2) is 28.3 Å². The summed E-state index contributed by atoms with van der Waals surface area (Å²) in [6.45, 7) is 1.79. The second kappa shape index (κ2) is 6.61. The van der Waals surface area contributed by atoms with Gasteiger partial charge in [0.25, 0.3) is 0 Å². The summed E-state index contributed by atoms with van der Waals surface area (Å²) >= 11 is 3.69. The molecular weight excluding hydrogens is 316 g/mol. The molecule has 1 aliphatic carbocycles. The minimum atomic E-state index is 0.254. The Morgan fingerprint density at radius 2 is 2.15 bits per heavy atom. The lowest BCUT2D eigenvalue weighted by molar-refractivity contribution is 0.00558. The van der Waals surface area contributed by atoms with Gasteiger partial charge in [0.05, 0.1) is 18.3 Å². The van der Waals surface area contributed by atoms with Crippen molar-refractivity contribution in [1.29, 1.82) is 0 Å². The molecule has 0 aromatic carbocycles. The highest BCUT2D eigenvalue weighted by Crippen LogP contribution is 2.34. The Morgan fingerprint density at radius 1 is 1.30 bits per heavy atom. The minimum absolute atomic E-state index is 0.254. The van der Waals surface area contributed by atoms with Gasteiger partial charge < -0.3 is 4.74 Å². The Labute approximate surface area is 130 Å². The molecule has 2 fully saturated rings. The van der Waals surface area contributed by atoms with Crippen molar-refractivity contribution in [2.24, 2.45) is 5.41 Å². The van der Waals surface area contributed by atoms with Crippen molar-refractivity contribution in [2.45, 2.75) is 57.4 Å². The van der Waals surface area contributed by atoms with E-state index in [1.165, 1.54) is 50.6 Å². The molecule has 1 saturated heterocycles. The first kappa shape index (κ1) is 14.6. The molecule has 1 aromatic heterocycles. The van der Waals surface area contributed by atoms with Gasteiger partial charge in [-0.3, -0.25) is 4.68 Å². The molecule has 0 amide bonds. The molecule has 1 aromatic rings. The Kier molecular flexibility index (Phi) is 4.82. The van der Waals surface area contributed by atoms with Crippen molar-refractivity contribution in [1.82, 2.24) is 9.78 Å². The second-order valence-corrected chi connectivity index (χ2v) is 7.11. The smallest absolute Gasteiger partial charge is 0.0631 e. The van der Waals surface area contributed by atoms with E-state index in [0.717, 1.165) is 25.0 Å². The van der Waals surface area contributed by atoms with Crippen LogP contribution in [0.3, 0.4) is 0 Å². The summed E-state index contributed by atoms with van der Waals surface area (Å²) in [5.41, 5.74) is 1.49. The third-order valence-electron chi connectivity index (χ3n) is 4.86. The first-order chi connectivity index (χ1) is 9.81. The highest BCUT2D eigenvalue weighted by atomic mass is 79.9. The molecule has 0 spiro atoms. The summed E-state index contributed by atoms with van der Waals surface area (Å²) in [6, 6.07) is 2.85. The maximum absolute atomic E-state index is 5.71. The van der Waals surface area contributed by atoms with Crippen molar-refractivity contribution < 1.29 is 4.74 Å². The van der Waals surface area contributed by atoms with Gasteiger partial charge in [-0.2, -0.15) is 5.10 Å². The van der Waals surface area contributed by atoms with Crippen molar-refractivity contribution in [2.75, 3.05) is 18.5 Å². The van der Waals surface area contributed by atoms with E-state index in [4.69, 9.17) is 9.84 Å². The predicted molar refractivity (Wildman–Crippen MR) is 84.3 cm³/mol. The van der Waals surface area contributed by atoms with Gasteiger partial charge >= 0.3 is 0 Å². The Morgan fingerprint density at radius 3 is 2.85 bits per heavy atom. The highest BCUT2D eigenvalue weighted by Gasteiger charge is 2.33. The van der Waals surface area contributed by atoms with Crippen molar-refractivity contribution in [3.63, 3.8) is 0 Å². The summed E-state index contributed by atoms with van der Waals surface area (Å²) in [5, 5.41) is 5.87. The van der Waals surface area contributed by atoms with E-state index in [1.807, 2.05) is 0 Å². The van der Waals surface area contributed by atoms with Crippen molar-refractivity contribution >= 4 is 15.9 Å². The number of hydrogen-bond acceptors (Lipinski definition) is 2. The van der Waals surface area contributed by atoms with Crippen LogP contribution in [0, 0.1) is 5.41 Å². The third-order valence-corrected chi connectivity index (χ3v) is 6.05. The van der Waals surface area contributed by atoms with Crippen LogP contribution >= 0.6 is 15.9 Å². The average Bonchev–Trinajstić information content (AvgIpc) is 2.97. The van der Waals surface area contributed by atoms with Gasteiger partial charge in [0.15, 0.2) is 0 Å². The number of halogens is 1. The molecule has 112 valence electrons. The van der Waals surface area contributed by atoms with Crippen molar-refractivity contribution in [3.05, 3.63) is 18.0 Å². The van der Waals surface area contributed by atoms with Crippen LogP contribution in [0.15, 0.2) is 12.3 Å². The summed E-state index contributed by atoms with van der Waals surface area (Å²) in [5.74, 6) is 0. The molecule has 3 rings (SSSR count). The SMILES string of the molecule is BrCC1(Cc2ccn(C3CCCCC3)n2)CCCOC1. The molecule has 1 unspecified atom stereocenters. The van der Waals surface area contributed by atoms with E-state index in [2.05, 4.69) is 32.9 Å². The predicted octanol–water partition coefficient (Wildman–Crippen LogP) is 4.12. The number of aromatic nitrogens is 2. The quantitative estimate of drug-likeness (QED) is 0.770. The standard InChI is InChI=1S/C16H25BrN2O/c17-12-16(8-4-10-20-13-16)11-14-7-9-19(18-14)15-5-2-1-3-6-15/h7,9,15H,1-6,8,10-13H2. The van der Waals surface area contributed by atoms with Crippen LogP contribution in [0.5, 0.6) is 0 Å². The second-order valence-electron chi connectivity index (χ2n) is 6.55. The maximum Gasteiger partial charge on any atom is 0.0631 e. The normalized spacial score (nSPS) is 28.6. The molecule has 1 atom stereocenters. The lowest BCUT2D eigenvalue weighted by atomic mass is 9.80. The van der Waals surface area contributed by atoms with Gasteiger partial charge in [0.1, 0.15) is 0 Å². The molecule has 0 bridgehead atoms. The van der Waals surface area contributed by atoms with Crippen molar-refractivity contribution in [3.8, 4) is 0 Å². The number of rotatable bonds is 4. The number of hydrogen-bond donors (Lipinski definition) is 0. The molecule has 0 N–H and O–H groups in total. The molecule has 4 heteroatoms. The maximum atomic E-state index is 5.71. The highest BCUT2D eigenvalue weighted by molar-refractivity contribution is 9.09. The molecule has 1 saturated carbocycles. The lowest BCUT2D eigenvalue weighted by Crippen LogP contribution is -2.35. The fraction of sp³-hybridized carbons (Fsp3) is 0.812. The van der Waals surface area contributed by atoms with Gasteiger partial charge in [-0.1, -0.05) is 35.2 Å². The largest absolute Gasteiger partial charge is 0.381 e. The van der Waals surface area contributed by atoms with Gasteiger partial charge in [-0.05, 0) is 31.7 Å². The summed E-state index contributed by atoms with van der Waals surface area (Å²) in [7, 11) is 0.